The molecule has 2 rings (SSSR count). The van der Waals surface area contributed by atoms with Crippen molar-refractivity contribution in [2.24, 2.45) is 5.92 Å². The fourth-order valence-electron chi connectivity index (χ4n) is 2.35. The SMILES string of the molecule is O=S(=O)(Cl)c1cn(CCCCC2CCOCC2)cn1. The van der Waals surface area contributed by atoms with Crippen molar-refractivity contribution in [2.75, 3.05) is 13.2 Å². The van der Waals surface area contributed by atoms with Gasteiger partial charge in [0.2, 0.25) is 0 Å². The van der Waals surface area contributed by atoms with Gasteiger partial charge >= 0.3 is 0 Å². The maximum atomic E-state index is 11.1. The minimum atomic E-state index is -3.70. The predicted octanol–water partition coefficient (Wildman–Crippen LogP) is 2.41. The van der Waals surface area contributed by atoms with Crippen LogP contribution >= 0.6 is 10.7 Å². The molecule has 0 N–H and O–H groups in total. The molecule has 0 atom stereocenters. The molecule has 1 fully saturated rings. The zero-order chi connectivity index (χ0) is 13.7. The van der Waals surface area contributed by atoms with Crippen LogP contribution in [-0.2, 0) is 20.3 Å². The number of nitrogens with zero attached hydrogens (tertiary/aromatic N) is 2. The quantitative estimate of drug-likeness (QED) is 0.598. The zero-order valence-corrected chi connectivity index (χ0v) is 12.4. The highest BCUT2D eigenvalue weighted by Gasteiger charge is 2.14. The second kappa shape index (κ2) is 6.72. The van der Waals surface area contributed by atoms with Crippen LogP contribution in [-0.4, -0.2) is 31.2 Å². The summed E-state index contributed by atoms with van der Waals surface area (Å²) in [5.74, 6) is 0.787. The Balaban J connectivity index is 1.69. The Hall–Kier alpha value is -0.590. The summed E-state index contributed by atoms with van der Waals surface area (Å²) in [4.78, 5) is 3.78. The molecule has 108 valence electrons. The topological polar surface area (TPSA) is 61.2 Å². The summed E-state index contributed by atoms with van der Waals surface area (Å²) in [6.45, 7) is 2.56. The lowest BCUT2D eigenvalue weighted by atomic mass is 9.94. The molecule has 0 aromatic carbocycles. The summed E-state index contributed by atoms with van der Waals surface area (Å²) in [6, 6.07) is 0. The van der Waals surface area contributed by atoms with E-state index in [-0.39, 0.29) is 5.03 Å². The molecule has 1 aromatic heterocycles. The van der Waals surface area contributed by atoms with Crippen LogP contribution in [0.1, 0.15) is 32.1 Å². The van der Waals surface area contributed by atoms with E-state index in [0.717, 1.165) is 38.5 Å². The van der Waals surface area contributed by atoms with Gasteiger partial charge in [-0.15, -0.1) is 0 Å². The summed E-state index contributed by atoms with van der Waals surface area (Å²) in [6.07, 6.45) is 8.72. The third kappa shape index (κ3) is 4.78. The predicted molar refractivity (Wildman–Crippen MR) is 72.7 cm³/mol. The Morgan fingerprint density at radius 1 is 1.37 bits per heavy atom. The van der Waals surface area contributed by atoms with Crippen LogP contribution in [0.15, 0.2) is 17.6 Å². The molecule has 0 saturated carbocycles. The summed E-state index contributed by atoms with van der Waals surface area (Å²) in [7, 11) is 1.52. The number of rotatable bonds is 6. The maximum absolute atomic E-state index is 11.1. The average molecular weight is 307 g/mol. The maximum Gasteiger partial charge on any atom is 0.280 e. The largest absolute Gasteiger partial charge is 0.381 e. The van der Waals surface area contributed by atoms with Crippen molar-refractivity contribution in [3.63, 3.8) is 0 Å². The van der Waals surface area contributed by atoms with Crippen LogP contribution < -0.4 is 0 Å². The van der Waals surface area contributed by atoms with Gasteiger partial charge in [0.05, 0.1) is 6.33 Å². The van der Waals surface area contributed by atoms with E-state index in [1.807, 2.05) is 0 Å². The van der Waals surface area contributed by atoms with Crippen LogP contribution in [0.4, 0.5) is 0 Å². The molecular formula is C12H19ClN2O3S. The Bertz CT molecular complexity index is 495. The smallest absolute Gasteiger partial charge is 0.280 e. The molecule has 5 nitrogen and oxygen atoms in total. The van der Waals surface area contributed by atoms with E-state index in [1.165, 1.54) is 31.8 Å². The van der Waals surface area contributed by atoms with E-state index in [9.17, 15) is 8.42 Å². The van der Waals surface area contributed by atoms with E-state index in [0.29, 0.717) is 0 Å². The van der Waals surface area contributed by atoms with Gasteiger partial charge in [-0.3, -0.25) is 0 Å². The number of unbranched alkanes of at least 4 members (excludes halogenated alkanes) is 1. The minimum absolute atomic E-state index is 0.0707. The zero-order valence-electron chi connectivity index (χ0n) is 10.8. The molecule has 0 unspecified atom stereocenters. The van der Waals surface area contributed by atoms with Gasteiger partial charge in [0.15, 0.2) is 5.03 Å². The molecule has 7 heteroatoms. The van der Waals surface area contributed by atoms with Gasteiger partial charge in [-0.2, -0.15) is 0 Å². The lowest BCUT2D eigenvalue weighted by Crippen LogP contribution is -2.15. The summed E-state index contributed by atoms with van der Waals surface area (Å²) in [5.41, 5.74) is 0. The molecular weight excluding hydrogens is 288 g/mol. The van der Waals surface area contributed by atoms with Gasteiger partial charge in [0.1, 0.15) is 0 Å². The Morgan fingerprint density at radius 2 is 2.11 bits per heavy atom. The van der Waals surface area contributed by atoms with Crippen LogP contribution in [0.2, 0.25) is 0 Å². The molecule has 1 saturated heterocycles. The highest BCUT2D eigenvalue weighted by Crippen LogP contribution is 2.21. The van der Waals surface area contributed by atoms with E-state index in [4.69, 9.17) is 15.4 Å². The highest BCUT2D eigenvalue weighted by molar-refractivity contribution is 8.13. The van der Waals surface area contributed by atoms with E-state index >= 15 is 0 Å². The van der Waals surface area contributed by atoms with Crippen molar-refractivity contribution in [3.05, 3.63) is 12.5 Å². The van der Waals surface area contributed by atoms with Gasteiger partial charge in [0.25, 0.3) is 9.05 Å². The highest BCUT2D eigenvalue weighted by atomic mass is 35.7. The fraction of sp³-hybridized carbons (Fsp3) is 0.750. The number of aryl methyl sites for hydroxylation is 1. The van der Waals surface area contributed by atoms with Gasteiger partial charge in [-0.25, -0.2) is 13.4 Å². The number of ether oxygens (including phenoxy) is 1. The van der Waals surface area contributed by atoms with Gasteiger partial charge in [-0.1, -0.05) is 12.8 Å². The van der Waals surface area contributed by atoms with Crippen LogP contribution in [0.5, 0.6) is 0 Å². The van der Waals surface area contributed by atoms with Crippen molar-refractivity contribution < 1.29 is 13.2 Å². The number of hydrogen-bond acceptors (Lipinski definition) is 4. The molecule has 1 aromatic rings. The molecule has 0 radical (unpaired) electrons. The number of aromatic nitrogens is 2. The van der Waals surface area contributed by atoms with E-state index in [2.05, 4.69) is 4.98 Å². The summed E-state index contributed by atoms with van der Waals surface area (Å²) in [5, 5.41) is -0.0707. The average Bonchev–Trinajstić information content (AvgIpc) is 2.85. The third-order valence-electron chi connectivity index (χ3n) is 3.48. The van der Waals surface area contributed by atoms with E-state index in [1.54, 1.807) is 4.57 Å². The van der Waals surface area contributed by atoms with Gasteiger partial charge in [-0.05, 0) is 25.2 Å². The molecule has 1 aliphatic heterocycles. The second-order valence-electron chi connectivity index (χ2n) is 4.94. The van der Waals surface area contributed by atoms with Gasteiger partial charge in [0, 0.05) is 36.6 Å². The third-order valence-corrected chi connectivity index (χ3v) is 4.66. The minimum Gasteiger partial charge on any atom is -0.381 e. The van der Waals surface area contributed by atoms with Crippen LogP contribution in [0.25, 0.3) is 0 Å². The normalized spacial score (nSPS) is 17.7. The Labute approximate surface area is 118 Å². The molecule has 0 bridgehead atoms. The van der Waals surface area contributed by atoms with Crippen LogP contribution in [0.3, 0.4) is 0 Å². The summed E-state index contributed by atoms with van der Waals surface area (Å²) < 4.78 is 29.2. The lowest BCUT2D eigenvalue weighted by Gasteiger charge is -2.21. The standard InChI is InChI=1S/C12H19ClN2O3S/c13-19(16,17)12-9-15(10-14-12)6-2-1-3-11-4-7-18-8-5-11/h9-11H,1-8H2. The molecule has 0 spiro atoms. The lowest BCUT2D eigenvalue weighted by molar-refractivity contribution is 0.0630. The van der Waals surface area contributed by atoms with Crippen molar-refractivity contribution in [2.45, 2.75) is 43.7 Å². The first-order valence-electron chi connectivity index (χ1n) is 6.60. The van der Waals surface area contributed by atoms with Crippen molar-refractivity contribution in [1.82, 2.24) is 9.55 Å². The molecule has 2 heterocycles. The first kappa shape index (κ1) is 14.8. The van der Waals surface area contributed by atoms with Crippen molar-refractivity contribution >= 4 is 19.7 Å². The number of halogens is 1. The number of hydrogen-bond donors (Lipinski definition) is 0. The van der Waals surface area contributed by atoms with Crippen molar-refractivity contribution in [3.8, 4) is 0 Å². The van der Waals surface area contributed by atoms with Crippen molar-refractivity contribution in [1.29, 1.82) is 0 Å². The first-order valence-corrected chi connectivity index (χ1v) is 8.91. The second-order valence-corrected chi connectivity index (χ2v) is 7.45. The Kier molecular flexibility index (Phi) is 5.24. The molecule has 1 aliphatic rings. The van der Waals surface area contributed by atoms with Crippen LogP contribution in [0, 0.1) is 5.92 Å². The number of imidazole rings is 1. The Morgan fingerprint density at radius 3 is 2.74 bits per heavy atom. The molecule has 0 amide bonds. The molecule has 0 aliphatic carbocycles. The van der Waals surface area contributed by atoms with E-state index < -0.39 is 9.05 Å². The summed E-state index contributed by atoms with van der Waals surface area (Å²) >= 11 is 0. The molecule has 19 heavy (non-hydrogen) atoms. The fourth-order valence-corrected chi connectivity index (χ4v) is 3.02. The van der Waals surface area contributed by atoms with Gasteiger partial charge < -0.3 is 9.30 Å². The first-order chi connectivity index (χ1) is 9.05. The monoisotopic (exact) mass is 306 g/mol.